The first kappa shape index (κ1) is 40.2. The van der Waals surface area contributed by atoms with Crippen LogP contribution in [-0.2, 0) is 32.0 Å². The number of carbonyl (C=O) groups is 4. The van der Waals surface area contributed by atoms with Crippen molar-refractivity contribution in [1.29, 1.82) is 5.41 Å². The molecular weight excluding hydrogens is 659 g/mol. The molecule has 0 unspecified atom stereocenters. The van der Waals surface area contributed by atoms with Crippen LogP contribution in [0.3, 0.4) is 0 Å². The number of carbonyl (C=O) groups excluding carboxylic acids is 3. The molecule has 17 heteroatoms. The van der Waals surface area contributed by atoms with Crippen LogP contribution in [0.5, 0.6) is 0 Å². The maximum absolute atomic E-state index is 14.2. The van der Waals surface area contributed by atoms with Gasteiger partial charge in [-0.1, -0.05) is 60.7 Å². The van der Waals surface area contributed by atoms with Crippen molar-refractivity contribution in [2.75, 3.05) is 13.6 Å². The van der Waals surface area contributed by atoms with Crippen LogP contribution in [0.15, 0.2) is 84.1 Å². The van der Waals surface area contributed by atoms with Crippen molar-refractivity contribution in [3.05, 3.63) is 101 Å². The Balaban J connectivity index is 0.00000112. The summed E-state index contributed by atoms with van der Waals surface area (Å²) >= 11 is 0. The van der Waals surface area contributed by atoms with E-state index in [9.17, 15) is 27.6 Å². The van der Waals surface area contributed by atoms with Gasteiger partial charge in [0, 0.05) is 38.0 Å². The number of amides is 3. The SMILES string of the molecule is CN(C(=O)[C@H](Cc1ccc(C(=N)N)cc1)c1cccnc1)[C@@H](Cc1ccccc1)C(=O)N[C@@H](CCCN=C(N)N)C(N)=O.O=C(O)C(F)(F)F. The molecule has 1 heterocycles. The highest BCUT2D eigenvalue weighted by atomic mass is 19.4. The molecule has 0 spiro atoms. The summed E-state index contributed by atoms with van der Waals surface area (Å²) in [5, 5.41) is 17.5. The van der Waals surface area contributed by atoms with Crippen LogP contribution in [0.2, 0.25) is 0 Å². The van der Waals surface area contributed by atoms with Crippen LogP contribution >= 0.6 is 0 Å². The van der Waals surface area contributed by atoms with Gasteiger partial charge in [0.1, 0.15) is 17.9 Å². The number of pyridine rings is 1. The Kier molecular flexibility index (Phi) is 15.4. The Hall–Kier alpha value is -6.00. The average Bonchev–Trinajstić information content (AvgIpc) is 3.07. The maximum atomic E-state index is 14.2. The molecule has 268 valence electrons. The average molecular weight is 700 g/mol. The monoisotopic (exact) mass is 699 g/mol. The largest absolute Gasteiger partial charge is 0.490 e. The zero-order valence-corrected chi connectivity index (χ0v) is 27.1. The number of likely N-dealkylation sites (N-methyl/N-ethyl adjacent to an activating group) is 1. The van der Waals surface area contributed by atoms with E-state index >= 15 is 0 Å². The zero-order chi connectivity index (χ0) is 37.4. The summed E-state index contributed by atoms with van der Waals surface area (Å²) in [5.74, 6) is -5.06. The normalized spacial score (nSPS) is 12.6. The first-order valence-electron chi connectivity index (χ1n) is 15.1. The van der Waals surface area contributed by atoms with Gasteiger partial charge in [0.15, 0.2) is 5.96 Å². The van der Waals surface area contributed by atoms with Gasteiger partial charge in [0.25, 0.3) is 0 Å². The van der Waals surface area contributed by atoms with Crippen molar-refractivity contribution in [1.82, 2.24) is 15.2 Å². The number of alkyl halides is 3. The number of nitrogens with one attached hydrogen (secondary N) is 2. The zero-order valence-electron chi connectivity index (χ0n) is 27.1. The summed E-state index contributed by atoms with van der Waals surface area (Å²) in [6, 6.07) is 18.1. The van der Waals surface area contributed by atoms with E-state index in [-0.39, 0.29) is 37.1 Å². The molecular formula is C33H40F3N9O5. The molecule has 1 aromatic heterocycles. The number of halogens is 3. The fourth-order valence-electron chi connectivity index (χ4n) is 4.69. The van der Waals surface area contributed by atoms with Crippen molar-refractivity contribution >= 4 is 35.5 Å². The maximum Gasteiger partial charge on any atom is 0.490 e. The quantitative estimate of drug-likeness (QED) is 0.0687. The second kappa shape index (κ2) is 19.1. The number of carboxylic acids is 1. The van der Waals surface area contributed by atoms with Gasteiger partial charge in [0.05, 0.1) is 5.92 Å². The minimum atomic E-state index is -5.08. The number of hydrogen-bond donors (Lipinski definition) is 7. The number of primary amides is 1. The van der Waals surface area contributed by atoms with Crippen molar-refractivity contribution in [2.24, 2.45) is 27.9 Å². The minimum absolute atomic E-state index is 0.0496. The second-order valence-corrected chi connectivity index (χ2v) is 11.0. The number of aromatic nitrogens is 1. The molecule has 0 saturated heterocycles. The first-order valence-corrected chi connectivity index (χ1v) is 15.1. The highest BCUT2D eigenvalue weighted by Gasteiger charge is 2.38. The van der Waals surface area contributed by atoms with Crippen LogP contribution in [0, 0.1) is 5.41 Å². The highest BCUT2D eigenvalue weighted by Crippen LogP contribution is 2.25. The third-order valence-corrected chi connectivity index (χ3v) is 7.33. The summed E-state index contributed by atoms with van der Waals surface area (Å²) in [6.45, 7) is 0.272. The number of nitrogens with zero attached hydrogens (tertiary/aromatic N) is 3. The van der Waals surface area contributed by atoms with Crippen LogP contribution < -0.4 is 28.3 Å². The molecule has 0 saturated carbocycles. The summed E-state index contributed by atoms with van der Waals surface area (Å²) in [6.07, 6.45) is -0.661. The Morgan fingerprint density at radius 1 is 0.940 bits per heavy atom. The number of aliphatic carboxylic acids is 1. The molecule has 0 aliphatic rings. The van der Waals surface area contributed by atoms with E-state index in [0.717, 1.165) is 11.1 Å². The van der Waals surface area contributed by atoms with Gasteiger partial charge in [-0.05, 0) is 42.0 Å². The van der Waals surface area contributed by atoms with E-state index < -0.39 is 42.0 Å². The summed E-state index contributed by atoms with van der Waals surface area (Å²) < 4.78 is 31.7. The van der Waals surface area contributed by atoms with E-state index in [0.29, 0.717) is 24.0 Å². The fraction of sp³-hybridized carbons (Fsp3) is 0.303. The molecule has 0 bridgehead atoms. The predicted octanol–water partition coefficient (Wildman–Crippen LogP) is 1.42. The molecule has 0 aliphatic heterocycles. The molecule has 0 radical (unpaired) electrons. The number of guanidine groups is 1. The van der Waals surface area contributed by atoms with Gasteiger partial charge in [-0.25, -0.2) is 4.79 Å². The third kappa shape index (κ3) is 13.2. The number of aliphatic imine (C=N–C) groups is 1. The predicted molar refractivity (Wildman–Crippen MR) is 180 cm³/mol. The van der Waals surface area contributed by atoms with Gasteiger partial charge < -0.3 is 38.3 Å². The van der Waals surface area contributed by atoms with Crippen molar-refractivity contribution in [3.63, 3.8) is 0 Å². The Morgan fingerprint density at radius 2 is 1.54 bits per heavy atom. The molecule has 14 nitrogen and oxygen atoms in total. The first-order chi connectivity index (χ1) is 23.5. The number of rotatable bonds is 15. The molecule has 3 amide bonds. The molecule has 3 rings (SSSR count). The molecule has 0 fully saturated rings. The standard InChI is InChI=1S/C31H39N9O3.C2HF3O2/c1-40(30(43)24(23-9-5-15-37-19-23)17-21-11-13-22(14-12-21)27(32)33)26(18-20-7-3-2-4-8-20)29(42)39-25(28(34)41)10-6-16-38-31(35)36;3-2(4,5)1(6)7/h2-5,7-9,11-15,19,24-26H,6,10,16-18H2,1H3,(H3,32,33)(H2,34,41)(H,39,42)(H4,35,36,38);(H,6,7)/t24-,25+,26+;/m1./s1. The van der Waals surface area contributed by atoms with E-state index in [1.165, 1.54) is 4.90 Å². The number of nitrogen functional groups attached to an aromatic ring is 1. The van der Waals surface area contributed by atoms with Crippen molar-refractivity contribution < 1.29 is 37.5 Å². The number of benzene rings is 2. The topological polar surface area (TPSA) is 257 Å². The van der Waals surface area contributed by atoms with Gasteiger partial charge in [-0.3, -0.25) is 29.8 Å². The number of amidine groups is 1. The van der Waals surface area contributed by atoms with Crippen LogP contribution in [0.4, 0.5) is 13.2 Å². The Bertz CT molecular complexity index is 1620. The van der Waals surface area contributed by atoms with Gasteiger partial charge >= 0.3 is 12.1 Å². The van der Waals surface area contributed by atoms with Crippen LogP contribution in [0.1, 0.15) is 41.0 Å². The lowest BCUT2D eigenvalue weighted by Crippen LogP contribution is -2.54. The van der Waals surface area contributed by atoms with Crippen LogP contribution in [-0.4, -0.2) is 82.3 Å². The molecule has 11 N–H and O–H groups in total. The number of carboxylic acid groups (broad SMARTS) is 1. The van der Waals surface area contributed by atoms with Gasteiger partial charge in [-0.2, -0.15) is 13.2 Å². The lowest BCUT2D eigenvalue weighted by molar-refractivity contribution is -0.192. The van der Waals surface area contributed by atoms with E-state index in [4.69, 9.17) is 38.2 Å². The number of nitrogens with two attached hydrogens (primary N) is 4. The van der Waals surface area contributed by atoms with E-state index in [2.05, 4.69) is 15.3 Å². The molecule has 3 atom stereocenters. The summed E-state index contributed by atoms with van der Waals surface area (Å²) in [4.78, 5) is 58.6. The Morgan fingerprint density at radius 3 is 2.04 bits per heavy atom. The van der Waals surface area contributed by atoms with Gasteiger partial charge in [-0.15, -0.1) is 0 Å². The lowest BCUT2D eigenvalue weighted by Gasteiger charge is -2.32. The third-order valence-electron chi connectivity index (χ3n) is 7.33. The minimum Gasteiger partial charge on any atom is -0.475 e. The fourth-order valence-corrected chi connectivity index (χ4v) is 4.69. The van der Waals surface area contributed by atoms with Crippen LogP contribution in [0.25, 0.3) is 0 Å². The summed E-state index contributed by atoms with van der Waals surface area (Å²) in [5.41, 5.74) is 24.9. The Labute approximate surface area is 286 Å². The second-order valence-electron chi connectivity index (χ2n) is 11.0. The van der Waals surface area contributed by atoms with Crippen molar-refractivity contribution in [2.45, 2.75) is 49.9 Å². The molecule has 2 aromatic carbocycles. The summed E-state index contributed by atoms with van der Waals surface area (Å²) in [7, 11) is 1.58. The molecule has 0 aliphatic carbocycles. The molecule has 3 aromatic rings. The van der Waals surface area contributed by atoms with Gasteiger partial charge in [0.2, 0.25) is 17.7 Å². The lowest BCUT2D eigenvalue weighted by atomic mass is 9.90. The molecule has 50 heavy (non-hydrogen) atoms. The van der Waals surface area contributed by atoms with E-state index in [1.807, 2.05) is 48.5 Å². The van der Waals surface area contributed by atoms with E-state index in [1.54, 1.807) is 37.6 Å². The smallest absolute Gasteiger partial charge is 0.475 e. The van der Waals surface area contributed by atoms with Crippen molar-refractivity contribution in [3.8, 4) is 0 Å². The highest BCUT2D eigenvalue weighted by molar-refractivity contribution is 5.95. The number of hydrogen-bond acceptors (Lipinski definition) is 7.